The lowest BCUT2D eigenvalue weighted by Crippen LogP contribution is -2.40. The molecule has 9 heteroatoms. The number of carboxylic acid groups (broad SMARTS) is 2. The first-order valence-corrected chi connectivity index (χ1v) is 7.51. The monoisotopic (exact) mass is 314 g/mol. The number of sulfonamides is 1. The predicted molar refractivity (Wildman–Crippen MR) is 71.3 cm³/mol. The molecule has 0 amide bonds. The van der Waals surface area contributed by atoms with Crippen LogP contribution in [0.4, 0.5) is 0 Å². The minimum Gasteiger partial charge on any atom is -0.480 e. The van der Waals surface area contributed by atoms with E-state index in [1.807, 2.05) is 0 Å². The maximum Gasteiger partial charge on any atom is 0.335 e. The molecule has 1 aliphatic rings. The predicted octanol–water partition coefficient (Wildman–Crippen LogP) is -0.440. The summed E-state index contributed by atoms with van der Waals surface area (Å²) in [6.45, 7) is -0.0834. The van der Waals surface area contributed by atoms with Crippen LogP contribution in [0.25, 0.3) is 0 Å². The second-order valence-electron chi connectivity index (χ2n) is 4.75. The van der Waals surface area contributed by atoms with Crippen molar-refractivity contribution in [2.75, 3.05) is 6.54 Å². The topological polar surface area (TPSA) is 138 Å². The molecule has 1 saturated heterocycles. The fraction of sp³-hybridized carbons (Fsp3) is 0.333. The van der Waals surface area contributed by atoms with E-state index in [1.165, 1.54) is 0 Å². The number of nitrogens with two attached hydrogens (primary N) is 1. The lowest BCUT2D eigenvalue weighted by atomic mass is 10.2. The van der Waals surface area contributed by atoms with Gasteiger partial charge in [0.1, 0.15) is 6.04 Å². The number of hydrogen-bond donors (Lipinski definition) is 3. The van der Waals surface area contributed by atoms with Crippen LogP contribution in [0.1, 0.15) is 16.8 Å². The summed E-state index contributed by atoms with van der Waals surface area (Å²) in [7, 11) is -4.03. The van der Waals surface area contributed by atoms with Crippen molar-refractivity contribution in [3.05, 3.63) is 29.8 Å². The van der Waals surface area contributed by atoms with Crippen molar-refractivity contribution < 1.29 is 28.2 Å². The Balaban J connectivity index is 2.37. The van der Waals surface area contributed by atoms with Crippen LogP contribution in [-0.4, -0.2) is 53.5 Å². The Hall–Kier alpha value is -1.97. The van der Waals surface area contributed by atoms with Gasteiger partial charge in [0.2, 0.25) is 10.0 Å². The fourth-order valence-corrected chi connectivity index (χ4v) is 3.88. The van der Waals surface area contributed by atoms with Crippen molar-refractivity contribution in [2.24, 2.45) is 5.73 Å². The van der Waals surface area contributed by atoms with Gasteiger partial charge in [-0.1, -0.05) is 0 Å². The third kappa shape index (κ3) is 2.89. The highest BCUT2D eigenvalue weighted by Gasteiger charge is 2.42. The molecule has 8 nitrogen and oxygen atoms in total. The summed E-state index contributed by atoms with van der Waals surface area (Å²) >= 11 is 0. The van der Waals surface area contributed by atoms with Gasteiger partial charge in [-0.15, -0.1) is 0 Å². The second-order valence-corrected chi connectivity index (χ2v) is 6.64. The van der Waals surface area contributed by atoms with Gasteiger partial charge in [0.15, 0.2) is 0 Å². The molecule has 2 rings (SSSR count). The highest BCUT2D eigenvalue weighted by Crippen LogP contribution is 2.26. The van der Waals surface area contributed by atoms with Gasteiger partial charge in [0.05, 0.1) is 10.5 Å². The van der Waals surface area contributed by atoms with Crippen LogP contribution in [0.2, 0.25) is 0 Å². The summed E-state index contributed by atoms with van der Waals surface area (Å²) < 4.78 is 25.7. The number of carboxylic acids is 2. The molecule has 1 aromatic rings. The Labute approximate surface area is 120 Å². The molecule has 0 saturated carbocycles. The van der Waals surface area contributed by atoms with Crippen molar-refractivity contribution in [3.8, 4) is 0 Å². The molecule has 21 heavy (non-hydrogen) atoms. The van der Waals surface area contributed by atoms with Gasteiger partial charge in [0.25, 0.3) is 0 Å². The Kier molecular flexibility index (Phi) is 3.99. The SMILES string of the molecule is NC1CC(C(=O)O)N(S(=O)(=O)c2ccc(C(=O)O)cc2)C1. The van der Waals surface area contributed by atoms with E-state index in [2.05, 4.69) is 0 Å². The minimum absolute atomic E-state index is 0.0434. The van der Waals surface area contributed by atoms with E-state index in [0.717, 1.165) is 28.6 Å². The largest absolute Gasteiger partial charge is 0.480 e. The maximum atomic E-state index is 12.4. The van der Waals surface area contributed by atoms with Gasteiger partial charge in [-0.05, 0) is 30.7 Å². The van der Waals surface area contributed by atoms with Crippen LogP contribution in [0, 0.1) is 0 Å². The summed E-state index contributed by atoms with van der Waals surface area (Å²) in [5, 5.41) is 17.9. The lowest BCUT2D eigenvalue weighted by Gasteiger charge is -2.20. The quantitative estimate of drug-likeness (QED) is 0.684. The maximum absolute atomic E-state index is 12.4. The van der Waals surface area contributed by atoms with E-state index in [0.29, 0.717) is 0 Å². The normalized spacial score (nSPS) is 23.1. The molecule has 0 radical (unpaired) electrons. The number of carbonyl (C=O) groups is 2. The smallest absolute Gasteiger partial charge is 0.335 e. The summed E-state index contributed by atoms with van der Waals surface area (Å²) in [4.78, 5) is 21.7. The van der Waals surface area contributed by atoms with E-state index in [-0.39, 0.29) is 23.4 Å². The zero-order valence-electron chi connectivity index (χ0n) is 10.8. The number of hydrogen-bond acceptors (Lipinski definition) is 5. The van der Waals surface area contributed by atoms with E-state index in [1.54, 1.807) is 0 Å². The van der Waals surface area contributed by atoms with Crippen molar-refractivity contribution in [2.45, 2.75) is 23.4 Å². The van der Waals surface area contributed by atoms with Crippen LogP contribution in [0.15, 0.2) is 29.2 Å². The van der Waals surface area contributed by atoms with Gasteiger partial charge in [0, 0.05) is 12.6 Å². The molecule has 1 aliphatic heterocycles. The van der Waals surface area contributed by atoms with Crippen molar-refractivity contribution in [1.82, 2.24) is 4.31 Å². The zero-order valence-corrected chi connectivity index (χ0v) is 11.7. The van der Waals surface area contributed by atoms with Crippen molar-refractivity contribution in [3.63, 3.8) is 0 Å². The second kappa shape index (κ2) is 5.43. The first-order chi connectivity index (χ1) is 9.73. The Bertz CT molecular complexity index is 669. The standard InChI is InChI=1S/C12H14N2O6S/c13-8-5-10(12(17)18)14(6-8)21(19,20)9-3-1-7(2-4-9)11(15)16/h1-4,8,10H,5-6,13H2,(H,15,16)(H,17,18). The molecule has 4 N–H and O–H groups in total. The Morgan fingerprint density at radius 2 is 1.76 bits per heavy atom. The fourth-order valence-electron chi connectivity index (χ4n) is 2.23. The molecule has 0 aliphatic carbocycles. The van der Waals surface area contributed by atoms with Gasteiger partial charge in [-0.2, -0.15) is 4.31 Å². The molecular formula is C12H14N2O6S. The average molecular weight is 314 g/mol. The minimum atomic E-state index is -4.03. The zero-order chi connectivity index (χ0) is 15.8. The van der Waals surface area contributed by atoms with Gasteiger partial charge >= 0.3 is 11.9 Å². The van der Waals surface area contributed by atoms with Crippen LogP contribution < -0.4 is 5.73 Å². The molecule has 0 spiro atoms. The van der Waals surface area contributed by atoms with Crippen LogP contribution in [-0.2, 0) is 14.8 Å². The van der Waals surface area contributed by atoms with Gasteiger partial charge in [-0.25, -0.2) is 13.2 Å². The lowest BCUT2D eigenvalue weighted by molar-refractivity contribution is -0.140. The molecule has 0 bridgehead atoms. The number of aromatic carboxylic acids is 1. The van der Waals surface area contributed by atoms with E-state index >= 15 is 0 Å². The Morgan fingerprint density at radius 3 is 2.24 bits per heavy atom. The van der Waals surface area contributed by atoms with Gasteiger partial charge in [-0.3, -0.25) is 4.79 Å². The molecule has 2 atom stereocenters. The summed E-state index contributed by atoms with van der Waals surface area (Å²) in [5.41, 5.74) is 5.59. The molecule has 1 heterocycles. The third-order valence-electron chi connectivity index (χ3n) is 3.28. The van der Waals surface area contributed by atoms with E-state index in [4.69, 9.17) is 15.9 Å². The molecule has 1 aromatic carbocycles. The third-order valence-corrected chi connectivity index (χ3v) is 5.17. The van der Waals surface area contributed by atoms with Crippen molar-refractivity contribution in [1.29, 1.82) is 0 Å². The number of aliphatic carboxylic acids is 1. The molecule has 2 unspecified atom stereocenters. The Morgan fingerprint density at radius 1 is 1.19 bits per heavy atom. The van der Waals surface area contributed by atoms with Crippen LogP contribution >= 0.6 is 0 Å². The summed E-state index contributed by atoms with van der Waals surface area (Å²) in [5.74, 6) is -2.43. The number of nitrogens with zero attached hydrogens (tertiary/aromatic N) is 1. The molecule has 1 fully saturated rings. The molecular weight excluding hydrogens is 300 g/mol. The average Bonchev–Trinajstić information content (AvgIpc) is 2.82. The van der Waals surface area contributed by atoms with Crippen molar-refractivity contribution >= 4 is 22.0 Å². The molecule has 0 aromatic heterocycles. The number of benzene rings is 1. The van der Waals surface area contributed by atoms with Gasteiger partial charge < -0.3 is 15.9 Å². The first kappa shape index (κ1) is 15.4. The number of rotatable bonds is 4. The highest BCUT2D eigenvalue weighted by molar-refractivity contribution is 7.89. The van der Waals surface area contributed by atoms with E-state index in [9.17, 15) is 18.0 Å². The first-order valence-electron chi connectivity index (χ1n) is 6.07. The van der Waals surface area contributed by atoms with Crippen LogP contribution in [0.3, 0.4) is 0 Å². The highest BCUT2D eigenvalue weighted by atomic mass is 32.2. The summed E-state index contributed by atoms with van der Waals surface area (Å²) in [6.07, 6.45) is 0.0434. The van der Waals surface area contributed by atoms with Crippen LogP contribution in [0.5, 0.6) is 0 Å². The molecule has 114 valence electrons. The van der Waals surface area contributed by atoms with E-state index < -0.39 is 34.0 Å². The summed E-state index contributed by atoms with van der Waals surface area (Å²) in [6, 6.07) is 2.84.